The summed E-state index contributed by atoms with van der Waals surface area (Å²) in [5.74, 6) is 1.79. The molecule has 3 aromatic heterocycles. The van der Waals surface area contributed by atoms with Gasteiger partial charge in [0.1, 0.15) is 5.75 Å². The van der Waals surface area contributed by atoms with E-state index in [9.17, 15) is 0 Å². The van der Waals surface area contributed by atoms with Crippen molar-refractivity contribution in [2.75, 3.05) is 0 Å². The largest absolute Gasteiger partial charge is 0.430 e. The molecule has 25 heavy (non-hydrogen) atoms. The number of fused-ring (bicyclic) bond motifs is 1. The molecule has 128 valence electrons. The van der Waals surface area contributed by atoms with Gasteiger partial charge in [-0.1, -0.05) is 25.9 Å². The van der Waals surface area contributed by atoms with Crippen molar-refractivity contribution in [3.8, 4) is 22.3 Å². The summed E-state index contributed by atoms with van der Waals surface area (Å²) in [7, 11) is 0. The zero-order chi connectivity index (χ0) is 17.6. The minimum atomic E-state index is -0.00220. The van der Waals surface area contributed by atoms with Gasteiger partial charge in [0.05, 0.1) is 11.9 Å². The number of ether oxygens (including phenoxy) is 1. The molecule has 7 nitrogen and oxygen atoms in total. The van der Waals surface area contributed by atoms with Gasteiger partial charge in [0, 0.05) is 17.9 Å². The predicted molar refractivity (Wildman–Crippen MR) is 94.1 cm³/mol. The summed E-state index contributed by atoms with van der Waals surface area (Å²) in [6, 6.07) is 7.48. The predicted octanol–water partition coefficient (Wildman–Crippen LogP) is 4.24. The highest BCUT2D eigenvalue weighted by Gasteiger charge is 2.19. The smallest absolute Gasteiger partial charge is 0.299 e. The standard InChI is InChI=1S/C17H17N5O2S/c1-10-18-14(21-24-10)11-5-7-12(8-6-11)23-16-20-22-9-13(17(2,3)4)19-15(22)25-16/h5-9H,1-4H3. The molecule has 0 saturated heterocycles. The van der Waals surface area contributed by atoms with Crippen LogP contribution in [0.1, 0.15) is 32.4 Å². The van der Waals surface area contributed by atoms with E-state index in [2.05, 4.69) is 41.0 Å². The molecule has 0 N–H and O–H groups in total. The van der Waals surface area contributed by atoms with E-state index in [4.69, 9.17) is 9.26 Å². The molecule has 4 aromatic rings. The lowest BCUT2D eigenvalue weighted by Crippen LogP contribution is -2.11. The summed E-state index contributed by atoms with van der Waals surface area (Å²) in [6.45, 7) is 8.15. The lowest BCUT2D eigenvalue weighted by Gasteiger charge is -2.13. The Labute approximate surface area is 148 Å². The van der Waals surface area contributed by atoms with Gasteiger partial charge in [-0.05, 0) is 35.6 Å². The summed E-state index contributed by atoms with van der Waals surface area (Å²) in [5.41, 5.74) is 1.88. The fourth-order valence-corrected chi connectivity index (χ4v) is 3.03. The molecule has 0 radical (unpaired) electrons. The van der Waals surface area contributed by atoms with Crippen molar-refractivity contribution in [2.24, 2.45) is 0 Å². The molecule has 0 aliphatic carbocycles. The number of hydrogen-bond donors (Lipinski definition) is 0. The third-order valence-corrected chi connectivity index (χ3v) is 4.44. The van der Waals surface area contributed by atoms with Gasteiger partial charge in [-0.3, -0.25) is 0 Å². The van der Waals surface area contributed by atoms with E-state index in [1.807, 2.05) is 30.5 Å². The van der Waals surface area contributed by atoms with Crippen LogP contribution in [-0.2, 0) is 5.41 Å². The lowest BCUT2D eigenvalue weighted by atomic mass is 9.93. The highest BCUT2D eigenvalue weighted by atomic mass is 32.1. The average Bonchev–Trinajstić information content (AvgIpc) is 3.22. The maximum Gasteiger partial charge on any atom is 0.299 e. The summed E-state index contributed by atoms with van der Waals surface area (Å²) < 4.78 is 12.6. The molecular weight excluding hydrogens is 338 g/mol. The SMILES string of the molecule is Cc1nc(-c2ccc(Oc3nn4cc(C(C)(C)C)nc4s3)cc2)no1. The molecule has 0 aliphatic rings. The van der Waals surface area contributed by atoms with Crippen molar-refractivity contribution in [3.05, 3.63) is 42.0 Å². The first-order valence-electron chi connectivity index (χ1n) is 7.84. The van der Waals surface area contributed by atoms with Gasteiger partial charge in [0.15, 0.2) is 0 Å². The number of hydrogen-bond acceptors (Lipinski definition) is 7. The summed E-state index contributed by atoms with van der Waals surface area (Å²) >= 11 is 1.41. The molecule has 0 saturated carbocycles. The van der Waals surface area contributed by atoms with Gasteiger partial charge in [0.25, 0.3) is 5.19 Å². The van der Waals surface area contributed by atoms with Gasteiger partial charge in [-0.25, -0.2) is 9.50 Å². The number of imidazole rings is 1. The van der Waals surface area contributed by atoms with E-state index < -0.39 is 0 Å². The normalized spacial score (nSPS) is 12.0. The Hall–Kier alpha value is -2.74. The highest BCUT2D eigenvalue weighted by Crippen LogP contribution is 2.30. The fraction of sp³-hybridized carbons (Fsp3) is 0.294. The zero-order valence-corrected chi connectivity index (χ0v) is 15.2. The Morgan fingerprint density at radius 1 is 1.12 bits per heavy atom. The van der Waals surface area contributed by atoms with Crippen LogP contribution >= 0.6 is 11.3 Å². The van der Waals surface area contributed by atoms with Crippen LogP contribution in [0, 0.1) is 6.92 Å². The van der Waals surface area contributed by atoms with Crippen LogP contribution in [0.4, 0.5) is 0 Å². The maximum absolute atomic E-state index is 5.83. The summed E-state index contributed by atoms with van der Waals surface area (Å²) in [4.78, 5) is 9.64. The van der Waals surface area contributed by atoms with Crippen LogP contribution in [-0.4, -0.2) is 24.7 Å². The third-order valence-electron chi connectivity index (χ3n) is 3.64. The van der Waals surface area contributed by atoms with Gasteiger partial charge < -0.3 is 9.26 Å². The van der Waals surface area contributed by atoms with E-state index in [0.717, 1.165) is 16.2 Å². The molecule has 1 aromatic carbocycles. The Morgan fingerprint density at radius 3 is 2.48 bits per heavy atom. The fourth-order valence-electron chi connectivity index (χ4n) is 2.27. The Morgan fingerprint density at radius 2 is 1.88 bits per heavy atom. The number of aromatic nitrogens is 5. The molecule has 0 spiro atoms. The molecule has 3 heterocycles. The van der Waals surface area contributed by atoms with E-state index in [-0.39, 0.29) is 5.41 Å². The van der Waals surface area contributed by atoms with E-state index in [1.165, 1.54) is 11.3 Å². The molecule has 8 heteroatoms. The first-order chi connectivity index (χ1) is 11.9. The second-order valence-electron chi connectivity index (χ2n) is 6.73. The van der Waals surface area contributed by atoms with Crippen molar-refractivity contribution in [2.45, 2.75) is 33.1 Å². The molecule has 4 rings (SSSR count). The molecule has 0 amide bonds. The average molecular weight is 355 g/mol. The first kappa shape index (κ1) is 15.8. The second kappa shape index (κ2) is 5.66. The van der Waals surface area contributed by atoms with Crippen molar-refractivity contribution in [1.29, 1.82) is 0 Å². The van der Waals surface area contributed by atoms with Crippen molar-refractivity contribution in [1.82, 2.24) is 24.7 Å². The van der Waals surface area contributed by atoms with Crippen LogP contribution in [0.5, 0.6) is 10.9 Å². The van der Waals surface area contributed by atoms with Gasteiger partial charge in [-0.2, -0.15) is 4.98 Å². The van der Waals surface area contributed by atoms with Gasteiger partial charge in [-0.15, -0.1) is 5.10 Å². The quantitative estimate of drug-likeness (QED) is 0.547. The zero-order valence-electron chi connectivity index (χ0n) is 14.3. The van der Waals surface area contributed by atoms with Gasteiger partial charge in [0.2, 0.25) is 16.7 Å². The Balaban J connectivity index is 1.53. The molecule has 0 bridgehead atoms. The van der Waals surface area contributed by atoms with Crippen LogP contribution in [0.25, 0.3) is 16.3 Å². The van der Waals surface area contributed by atoms with E-state index in [1.54, 1.807) is 11.4 Å². The molecule has 0 unspecified atom stereocenters. The van der Waals surface area contributed by atoms with Crippen LogP contribution in [0.2, 0.25) is 0 Å². The van der Waals surface area contributed by atoms with E-state index >= 15 is 0 Å². The number of rotatable bonds is 3. The van der Waals surface area contributed by atoms with E-state index in [0.29, 0.717) is 22.7 Å². The van der Waals surface area contributed by atoms with Crippen LogP contribution in [0.3, 0.4) is 0 Å². The lowest BCUT2D eigenvalue weighted by molar-refractivity contribution is 0.394. The summed E-state index contributed by atoms with van der Waals surface area (Å²) in [6.07, 6.45) is 1.94. The topological polar surface area (TPSA) is 78.3 Å². The molecule has 0 atom stereocenters. The molecular formula is C17H17N5O2S. The molecule has 0 fully saturated rings. The van der Waals surface area contributed by atoms with Gasteiger partial charge >= 0.3 is 0 Å². The van der Waals surface area contributed by atoms with Crippen LogP contribution in [0.15, 0.2) is 35.0 Å². The summed E-state index contributed by atoms with van der Waals surface area (Å²) in [5, 5.41) is 8.88. The monoisotopic (exact) mass is 355 g/mol. The molecule has 0 aliphatic heterocycles. The first-order valence-corrected chi connectivity index (χ1v) is 8.65. The number of aryl methyl sites for hydroxylation is 1. The second-order valence-corrected chi connectivity index (χ2v) is 7.65. The van der Waals surface area contributed by atoms with Crippen molar-refractivity contribution >= 4 is 16.3 Å². The third kappa shape index (κ3) is 3.12. The minimum Gasteiger partial charge on any atom is -0.430 e. The highest BCUT2D eigenvalue weighted by molar-refractivity contribution is 7.18. The minimum absolute atomic E-state index is 0.00220. The van der Waals surface area contributed by atoms with Crippen molar-refractivity contribution in [3.63, 3.8) is 0 Å². The Kier molecular flexibility index (Phi) is 3.57. The number of benzene rings is 1. The maximum atomic E-state index is 5.83. The van der Waals surface area contributed by atoms with Crippen LogP contribution < -0.4 is 4.74 Å². The number of nitrogens with zero attached hydrogens (tertiary/aromatic N) is 5. The van der Waals surface area contributed by atoms with Crippen molar-refractivity contribution < 1.29 is 9.26 Å². The Bertz CT molecular complexity index is 992.